The Morgan fingerprint density at radius 1 is 1.25 bits per heavy atom. The SMILES string of the molecule is O=C(C1Cc2cc(Cl)ccc2O1)N1CC=C(c2c[nH]c3cc(F)ccc23)CC1. The molecule has 142 valence electrons. The van der Waals surface area contributed by atoms with Crippen LogP contribution in [0.15, 0.2) is 48.7 Å². The summed E-state index contributed by atoms with van der Waals surface area (Å²) in [6.07, 6.45) is 4.80. The van der Waals surface area contributed by atoms with Crippen molar-refractivity contribution in [3.05, 3.63) is 70.6 Å². The molecule has 1 amide bonds. The van der Waals surface area contributed by atoms with Crippen molar-refractivity contribution in [2.75, 3.05) is 13.1 Å². The van der Waals surface area contributed by atoms with Crippen LogP contribution in [-0.2, 0) is 11.2 Å². The maximum Gasteiger partial charge on any atom is 0.264 e. The zero-order valence-electron chi connectivity index (χ0n) is 15.0. The van der Waals surface area contributed by atoms with E-state index in [4.69, 9.17) is 16.3 Å². The topological polar surface area (TPSA) is 45.3 Å². The Hall–Kier alpha value is -2.79. The molecular weight excluding hydrogens is 379 g/mol. The van der Waals surface area contributed by atoms with Crippen LogP contribution in [0.5, 0.6) is 5.75 Å². The van der Waals surface area contributed by atoms with Gasteiger partial charge in [-0.3, -0.25) is 4.79 Å². The van der Waals surface area contributed by atoms with Gasteiger partial charge in [0.05, 0.1) is 0 Å². The quantitative estimate of drug-likeness (QED) is 0.689. The number of nitrogens with one attached hydrogen (secondary N) is 1. The molecule has 2 aliphatic rings. The third-order valence-electron chi connectivity index (χ3n) is 5.48. The van der Waals surface area contributed by atoms with Crippen molar-refractivity contribution in [2.24, 2.45) is 0 Å². The lowest BCUT2D eigenvalue weighted by molar-refractivity contribution is -0.137. The Kier molecular flexibility index (Phi) is 4.13. The fourth-order valence-corrected chi connectivity index (χ4v) is 4.23. The van der Waals surface area contributed by atoms with Crippen LogP contribution in [0.1, 0.15) is 17.5 Å². The molecule has 5 rings (SSSR count). The Morgan fingerprint density at radius 2 is 2.14 bits per heavy atom. The molecule has 0 bridgehead atoms. The first-order valence-corrected chi connectivity index (χ1v) is 9.66. The van der Waals surface area contributed by atoms with Crippen LogP contribution in [-0.4, -0.2) is 35.0 Å². The van der Waals surface area contributed by atoms with Crippen LogP contribution in [0.4, 0.5) is 4.39 Å². The Labute approximate surface area is 166 Å². The first-order chi connectivity index (χ1) is 13.6. The standard InChI is InChI=1S/C22H18ClFN2O2/c23-15-1-4-20-14(9-15)10-21(28-20)22(27)26-7-5-13(6-8-26)18-12-25-19-11-16(24)2-3-17(18)19/h1-5,9,11-12,21,25H,6-8,10H2. The number of H-pyrrole nitrogens is 1. The van der Waals surface area contributed by atoms with Gasteiger partial charge in [-0.1, -0.05) is 17.7 Å². The summed E-state index contributed by atoms with van der Waals surface area (Å²) in [5, 5.41) is 1.65. The van der Waals surface area contributed by atoms with Crippen molar-refractivity contribution in [3.63, 3.8) is 0 Å². The minimum atomic E-state index is -0.487. The predicted octanol–water partition coefficient (Wildman–Crippen LogP) is 4.58. The molecule has 0 radical (unpaired) electrons. The lowest BCUT2D eigenvalue weighted by Crippen LogP contribution is -2.43. The first-order valence-electron chi connectivity index (χ1n) is 9.28. The molecule has 3 aromatic rings. The molecule has 1 N–H and O–H groups in total. The van der Waals surface area contributed by atoms with E-state index in [9.17, 15) is 9.18 Å². The third kappa shape index (κ3) is 2.96. The molecule has 2 aliphatic heterocycles. The summed E-state index contributed by atoms with van der Waals surface area (Å²) >= 11 is 6.03. The van der Waals surface area contributed by atoms with E-state index in [0.717, 1.165) is 34.2 Å². The lowest BCUT2D eigenvalue weighted by atomic mass is 9.98. The molecule has 1 atom stereocenters. The Balaban J connectivity index is 1.31. The fraction of sp³-hybridized carbons (Fsp3) is 0.227. The van der Waals surface area contributed by atoms with Crippen molar-refractivity contribution in [1.82, 2.24) is 9.88 Å². The average Bonchev–Trinajstić information content (AvgIpc) is 3.30. The molecule has 2 aromatic carbocycles. The van der Waals surface area contributed by atoms with Crippen molar-refractivity contribution in [3.8, 4) is 5.75 Å². The van der Waals surface area contributed by atoms with Gasteiger partial charge in [0, 0.05) is 47.2 Å². The van der Waals surface area contributed by atoms with Crippen molar-refractivity contribution >= 4 is 34.0 Å². The molecule has 4 nitrogen and oxygen atoms in total. The first kappa shape index (κ1) is 17.3. The van der Waals surface area contributed by atoms with E-state index in [0.29, 0.717) is 24.5 Å². The summed E-state index contributed by atoms with van der Waals surface area (Å²) in [5.74, 6) is 0.486. The number of hydrogen-bond acceptors (Lipinski definition) is 2. The van der Waals surface area contributed by atoms with Gasteiger partial charge in [-0.05, 0) is 54.0 Å². The number of nitrogens with zero attached hydrogens (tertiary/aromatic N) is 1. The van der Waals surface area contributed by atoms with Crippen molar-refractivity contribution < 1.29 is 13.9 Å². The number of halogens is 2. The van der Waals surface area contributed by atoms with Gasteiger partial charge in [-0.25, -0.2) is 4.39 Å². The second kappa shape index (κ2) is 6.67. The molecular formula is C22H18ClFN2O2. The van der Waals surface area contributed by atoms with Gasteiger partial charge in [0.1, 0.15) is 11.6 Å². The number of carbonyl (C=O) groups excluding carboxylic acids is 1. The smallest absolute Gasteiger partial charge is 0.264 e. The number of rotatable bonds is 2. The minimum Gasteiger partial charge on any atom is -0.480 e. The zero-order valence-corrected chi connectivity index (χ0v) is 15.8. The molecule has 0 saturated carbocycles. The van der Waals surface area contributed by atoms with E-state index in [2.05, 4.69) is 11.1 Å². The van der Waals surface area contributed by atoms with Crippen LogP contribution >= 0.6 is 11.6 Å². The van der Waals surface area contributed by atoms with Crippen LogP contribution < -0.4 is 4.74 Å². The van der Waals surface area contributed by atoms with E-state index in [1.165, 1.54) is 17.7 Å². The van der Waals surface area contributed by atoms with Gasteiger partial charge < -0.3 is 14.6 Å². The maximum absolute atomic E-state index is 13.4. The summed E-state index contributed by atoms with van der Waals surface area (Å²) in [7, 11) is 0. The highest BCUT2D eigenvalue weighted by Gasteiger charge is 2.33. The molecule has 28 heavy (non-hydrogen) atoms. The van der Waals surface area contributed by atoms with Gasteiger partial charge in [0.2, 0.25) is 0 Å². The van der Waals surface area contributed by atoms with Crippen LogP contribution in [0, 0.1) is 5.82 Å². The Bertz CT molecular complexity index is 1120. The van der Waals surface area contributed by atoms with Gasteiger partial charge in [-0.2, -0.15) is 0 Å². The highest BCUT2D eigenvalue weighted by molar-refractivity contribution is 6.30. The molecule has 0 saturated heterocycles. The zero-order chi connectivity index (χ0) is 19.3. The van der Waals surface area contributed by atoms with Gasteiger partial charge in [0.25, 0.3) is 5.91 Å². The number of fused-ring (bicyclic) bond motifs is 2. The number of aromatic amines is 1. The summed E-state index contributed by atoms with van der Waals surface area (Å²) in [6.45, 7) is 1.18. The van der Waals surface area contributed by atoms with E-state index in [-0.39, 0.29) is 11.7 Å². The van der Waals surface area contributed by atoms with Crippen molar-refractivity contribution in [1.29, 1.82) is 0 Å². The van der Waals surface area contributed by atoms with Gasteiger partial charge in [0.15, 0.2) is 6.10 Å². The normalized spacial score (nSPS) is 18.7. The highest BCUT2D eigenvalue weighted by atomic mass is 35.5. The molecule has 0 aliphatic carbocycles. The second-order valence-corrected chi connectivity index (χ2v) is 7.65. The fourth-order valence-electron chi connectivity index (χ4n) is 4.04. The molecule has 1 aromatic heterocycles. The number of ether oxygens (including phenoxy) is 1. The van der Waals surface area contributed by atoms with E-state index in [1.807, 2.05) is 23.2 Å². The Morgan fingerprint density at radius 3 is 2.96 bits per heavy atom. The van der Waals surface area contributed by atoms with E-state index in [1.54, 1.807) is 12.1 Å². The number of hydrogen-bond donors (Lipinski definition) is 1. The van der Waals surface area contributed by atoms with Crippen LogP contribution in [0.2, 0.25) is 5.02 Å². The van der Waals surface area contributed by atoms with Crippen LogP contribution in [0.25, 0.3) is 16.5 Å². The second-order valence-electron chi connectivity index (χ2n) is 7.22. The third-order valence-corrected chi connectivity index (χ3v) is 5.72. The summed E-state index contributed by atoms with van der Waals surface area (Å²) in [5.41, 5.74) is 4.00. The number of benzene rings is 2. The number of aromatic nitrogens is 1. The summed E-state index contributed by atoms with van der Waals surface area (Å²) in [6, 6.07) is 10.2. The largest absolute Gasteiger partial charge is 0.480 e. The molecule has 3 heterocycles. The van der Waals surface area contributed by atoms with Gasteiger partial charge >= 0.3 is 0 Å². The number of amides is 1. The highest BCUT2D eigenvalue weighted by Crippen LogP contribution is 2.33. The maximum atomic E-state index is 13.4. The van der Waals surface area contributed by atoms with E-state index < -0.39 is 6.10 Å². The van der Waals surface area contributed by atoms with Crippen molar-refractivity contribution in [2.45, 2.75) is 18.9 Å². The molecule has 0 fully saturated rings. The van der Waals surface area contributed by atoms with Gasteiger partial charge in [-0.15, -0.1) is 0 Å². The molecule has 0 spiro atoms. The van der Waals surface area contributed by atoms with E-state index >= 15 is 0 Å². The molecule has 1 unspecified atom stereocenters. The van der Waals surface area contributed by atoms with Crippen LogP contribution in [0.3, 0.4) is 0 Å². The minimum absolute atomic E-state index is 0.00335. The lowest BCUT2D eigenvalue weighted by Gasteiger charge is -2.28. The monoisotopic (exact) mass is 396 g/mol. The number of carbonyl (C=O) groups is 1. The average molecular weight is 397 g/mol. The summed E-state index contributed by atoms with van der Waals surface area (Å²) < 4.78 is 19.2. The predicted molar refractivity (Wildman–Crippen MR) is 107 cm³/mol. The molecule has 6 heteroatoms. The summed E-state index contributed by atoms with van der Waals surface area (Å²) in [4.78, 5) is 17.8.